The highest BCUT2D eigenvalue weighted by molar-refractivity contribution is 7.07. The van der Waals surface area contributed by atoms with Gasteiger partial charge in [0.15, 0.2) is 0 Å². The van der Waals surface area contributed by atoms with Gasteiger partial charge in [-0.05, 0) is 42.8 Å². The summed E-state index contributed by atoms with van der Waals surface area (Å²) in [4.78, 5) is 5.10. The first kappa shape index (κ1) is 14.0. The topological polar surface area (TPSA) is 32.5 Å². The first-order valence-corrected chi connectivity index (χ1v) is 7.83. The van der Waals surface area contributed by atoms with Gasteiger partial charge < -0.3 is 5.73 Å². The molecule has 1 saturated heterocycles. The monoisotopic (exact) mass is 267 g/mol. The molecule has 1 aliphatic heterocycles. The van der Waals surface area contributed by atoms with Gasteiger partial charge in [-0.25, -0.2) is 0 Å². The summed E-state index contributed by atoms with van der Waals surface area (Å²) in [5.41, 5.74) is 7.60. The molecule has 0 aromatic carbocycles. The van der Waals surface area contributed by atoms with Gasteiger partial charge in [0.05, 0.1) is 6.04 Å². The van der Waals surface area contributed by atoms with E-state index in [0.29, 0.717) is 12.1 Å². The molecule has 0 spiro atoms. The maximum atomic E-state index is 6.22. The highest BCUT2D eigenvalue weighted by Gasteiger charge is 2.30. The van der Waals surface area contributed by atoms with Crippen molar-refractivity contribution in [2.45, 2.75) is 38.9 Å². The SMILES string of the molecule is CCN1CCN(C(c2ccsc2)C(C)N)CC1C. The Hall–Kier alpha value is -0.420. The zero-order valence-electron chi connectivity index (χ0n) is 11.7. The van der Waals surface area contributed by atoms with Gasteiger partial charge in [-0.1, -0.05) is 6.92 Å². The van der Waals surface area contributed by atoms with Crippen molar-refractivity contribution >= 4 is 11.3 Å². The van der Waals surface area contributed by atoms with Crippen LogP contribution in [0.5, 0.6) is 0 Å². The molecule has 0 aliphatic carbocycles. The van der Waals surface area contributed by atoms with Crippen LogP contribution in [0.2, 0.25) is 0 Å². The number of thiophene rings is 1. The molecule has 3 atom stereocenters. The average molecular weight is 267 g/mol. The fourth-order valence-electron chi connectivity index (χ4n) is 3.04. The summed E-state index contributed by atoms with van der Waals surface area (Å²) < 4.78 is 0. The fraction of sp³-hybridized carbons (Fsp3) is 0.714. The Bertz CT molecular complexity index is 350. The number of nitrogens with two attached hydrogens (primary N) is 1. The summed E-state index contributed by atoms with van der Waals surface area (Å²) in [6.45, 7) is 11.2. The number of likely N-dealkylation sites (N-methyl/N-ethyl adjacent to an activating group) is 1. The molecule has 1 aliphatic rings. The number of nitrogens with zero attached hydrogens (tertiary/aromatic N) is 2. The van der Waals surface area contributed by atoms with Crippen LogP contribution in [0.3, 0.4) is 0 Å². The molecular weight excluding hydrogens is 242 g/mol. The van der Waals surface area contributed by atoms with Crippen LogP contribution in [0.1, 0.15) is 32.4 Å². The Morgan fingerprint density at radius 3 is 2.78 bits per heavy atom. The van der Waals surface area contributed by atoms with Gasteiger partial charge in [0.2, 0.25) is 0 Å². The highest BCUT2D eigenvalue weighted by atomic mass is 32.1. The molecule has 0 bridgehead atoms. The first-order valence-electron chi connectivity index (χ1n) is 6.89. The average Bonchev–Trinajstić information content (AvgIpc) is 2.82. The van der Waals surface area contributed by atoms with Gasteiger partial charge in [0.25, 0.3) is 0 Å². The van der Waals surface area contributed by atoms with Crippen LogP contribution >= 0.6 is 11.3 Å². The molecule has 2 N–H and O–H groups in total. The van der Waals surface area contributed by atoms with Crippen molar-refractivity contribution in [3.8, 4) is 0 Å². The lowest BCUT2D eigenvalue weighted by Crippen LogP contribution is -2.54. The smallest absolute Gasteiger partial charge is 0.0505 e. The second-order valence-corrected chi connectivity index (χ2v) is 6.11. The summed E-state index contributed by atoms with van der Waals surface area (Å²) in [5.74, 6) is 0. The van der Waals surface area contributed by atoms with E-state index in [0.717, 1.165) is 26.2 Å². The molecular formula is C14H25N3S. The van der Waals surface area contributed by atoms with Crippen molar-refractivity contribution in [1.29, 1.82) is 0 Å². The third-order valence-electron chi connectivity index (χ3n) is 3.98. The lowest BCUT2D eigenvalue weighted by Gasteiger charge is -2.44. The number of hydrogen-bond acceptors (Lipinski definition) is 4. The molecule has 1 aromatic rings. The van der Waals surface area contributed by atoms with Gasteiger partial charge in [-0.15, -0.1) is 0 Å². The normalized spacial score (nSPS) is 26.1. The molecule has 4 heteroatoms. The lowest BCUT2D eigenvalue weighted by molar-refractivity contribution is 0.0518. The first-order chi connectivity index (χ1) is 8.63. The lowest BCUT2D eigenvalue weighted by atomic mass is 10.00. The van der Waals surface area contributed by atoms with Crippen LogP contribution in [-0.4, -0.2) is 48.1 Å². The Morgan fingerprint density at radius 2 is 2.28 bits per heavy atom. The van der Waals surface area contributed by atoms with Crippen LogP contribution in [0.4, 0.5) is 0 Å². The third kappa shape index (κ3) is 2.94. The standard InChI is InChI=1S/C14H25N3S/c1-4-16-6-7-17(9-11(16)2)14(12(3)15)13-5-8-18-10-13/h5,8,10-12,14H,4,6-7,9,15H2,1-3H3. The number of piperazine rings is 1. The number of hydrogen-bond donors (Lipinski definition) is 1. The Kier molecular flexibility index (Phi) is 4.78. The largest absolute Gasteiger partial charge is 0.326 e. The van der Waals surface area contributed by atoms with Crippen molar-refractivity contribution in [1.82, 2.24) is 9.80 Å². The maximum absolute atomic E-state index is 6.22. The van der Waals surface area contributed by atoms with E-state index >= 15 is 0 Å². The van der Waals surface area contributed by atoms with E-state index in [1.54, 1.807) is 11.3 Å². The van der Waals surface area contributed by atoms with E-state index in [4.69, 9.17) is 5.73 Å². The van der Waals surface area contributed by atoms with Crippen LogP contribution in [0.15, 0.2) is 16.8 Å². The predicted molar refractivity (Wildman–Crippen MR) is 79.0 cm³/mol. The summed E-state index contributed by atoms with van der Waals surface area (Å²) in [6, 6.07) is 3.40. The molecule has 2 heterocycles. The van der Waals surface area contributed by atoms with E-state index in [9.17, 15) is 0 Å². The van der Waals surface area contributed by atoms with Gasteiger partial charge in [-0.2, -0.15) is 11.3 Å². The molecule has 1 fully saturated rings. The van der Waals surface area contributed by atoms with E-state index in [1.807, 2.05) is 0 Å². The second-order valence-electron chi connectivity index (χ2n) is 5.33. The minimum atomic E-state index is 0.181. The predicted octanol–water partition coefficient (Wildman–Crippen LogP) is 2.16. The van der Waals surface area contributed by atoms with Crippen molar-refractivity contribution in [3.63, 3.8) is 0 Å². The molecule has 0 amide bonds. The minimum Gasteiger partial charge on any atom is -0.326 e. The molecule has 102 valence electrons. The van der Waals surface area contributed by atoms with Crippen molar-refractivity contribution in [2.75, 3.05) is 26.2 Å². The Morgan fingerprint density at radius 1 is 1.50 bits per heavy atom. The zero-order valence-corrected chi connectivity index (χ0v) is 12.5. The minimum absolute atomic E-state index is 0.181. The third-order valence-corrected chi connectivity index (χ3v) is 4.68. The maximum Gasteiger partial charge on any atom is 0.0505 e. The van der Waals surface area contributed by atoms with Crippen LogP contribution in [0.25, 0.3) is 0 Å². The summed E-state index contributed by atoms with van der Waals surface area (Å²) in [7, 11) is 0. The van der Waals surface area contributed by atoms with E-state index < -0.39 is 0 Å². The molecule has 3 unspecified atom stereocenters. The fourth-order valence-corrected chi connectivity index (χ4v) is 3.73. The van der Waals surface area contributed by atoms with Crippen molar-refractivity contribution in [2.24, 2.45) is 5.73 Å². The summed E-state index contributed by atoms with van der Waals surface area (Å²) >= 11 is 1.76. The van der Waals surface area contributed by atoms with Gasteiger partial charge >= 0.3 is 0 Å². The molecule has 0 radical (unpaired) electrons. The van der Waals surface area contributed by atoms with E-state index in [1.165, 1.54) is 5.56 Å². The molecule has 2 rings (SSSR count). The zero-order chi connectivity index (χ0) is 13.1. The summed E-state index contributed by atoms with van der Waals surface area (Å²) in [5, 5.41) is 4.39. The van der Waals surface area contributed by atoms with Gasteiger partial charge in [0.1, 0.15) is 0 Å². The Labute approximate surface area is 115 Å². The Balaban J connectivity index is 2.09. The quantitative estimate of drug-likeness (QED) is 0.907. The molecule has 18 heavy (non-hydrogen) atoms. The van der Waals surface area contributed by atoms with Crippen LogP contribution in [0, 0.1) is 0 Å². The van der Waals surface area contributed by atoms with Crippen molar-refractivity contribution in [3.05, 3.63) is 22.4 Å². The highest BCUT2D eigenvalue weighted by Crippen LogP contribution is 2.27. The molecule has 1 aromatic heterocycles. The second kappa shape index (κ2) is 6.15. The summed E-state index contributed by atoms with van der Waals surface area (Å²) in [6.07, 6.45) is 0. The van der Waals surface area contributed by atoms with E-state index in [-0.39, 0.29) is 6.04 Å². The number of rotatable bonds is 4. The van der Waals surface area contributed by atoms with Crippen LogP contribution in [-0.2, 0) is 0 Å². The molecule has 0 saturated carbocycles. The molecule has 3 nitrogen and oxygen atoms in total. The van der Waals surface area contributed by atoms with Gasteiger partial charge in [-0.3, -0.25) is 9.80 Å². The van der Waals surface area contributed by atoms with E-state index in [2.05, 4.69) is 47.4 Å². The van der Waals surface area contributed by atoms with Crippen molar-refractivity contribution < 1.29 is 0 Å². The van der Waals surface area contributed by atoms with Gasteiger partial charge in [0, 0.05) is 31.7 Å². The van der Waals surface area contributed by atoms with Crippen LogP contribution < -0.4 is 5.73 Å².